The van der Waals surface area contributed by atoms with Crippen LogP contribution in [0, 0.1) is 0 Å². The number of aromatic nitrogens is 2. The van der Waals surface area contributed by atoms with Crippen LogP contribution in [-0.4, -0.2) is 39.7 Å². The molecular formula is C14H24N4O2. The summed E-state index contributed by atoms with van der Waals surface area (Å²) in [7, 11) is 3.24. The van der Waals surface area contributed by atoms with E-state index >= 15 is 0 Å². The highest BCUT2D eigenvalue weighted by molar-refractivity contribution is 5.02. The second-order valence-corrected chi connectivity index (χ2v) is 5.44. The van der Waals surface area contributed by atoms with Gasteiger partial charge in [-0.15, -0.1) is 0 Å². The van der Waals surface area contributed by atoms with Crippen molar-refractivity contribution in [1.29, 1.82) is 0 Å². The average molecular weight is 280 g/mol. The molecule has 0 aromatic carbocycles. The van der Waals surface area contributed by atoms with Gasteiger partial charge in [-0.1, -0.05) is 6.92 Å². The molecular weight excluding hydrogens is 256 g/mol. The summed E-state index contributed by atoms with van der Waals surface area (Å²) in [6, 6.07) is 2.05. The van der Waals surface area contributed by atoms with Crippen LogP contribution in [0.1, 0.15) is 25.5 Å². The molecule has 0 saturated carbocycles. The van der Waals surface area contributed by atoms with E-state index in [1.165, 1.54) is 19.9 Å². The van der Waals surface area contributed by atoms with E-state index in [1.54, 1.807) is 17.7 Å². The maximum Gasteiger partial charge on any atom is 0.330 e. The lowest BCUT2D eigenvalue weighted by Crippen LogP contribution is -2.47. The molecule has 1 aliphatic rings. The Labute approximate surface area is 119 Å². The molecule has 1 aromatic heterocycles. The van der Waals surface area contributed by atoms with Crippen LogP contribution < -0.4 is 16.6 Å². The highest BCUT2D eigenvalue weighted by Gasteiger charge is 2.20. The molecule has 1 aromatic rings. The summed E-state index contributed by atoms with van der Waals surface area (Å²) in [5.41, 5.74) is 0.289. The smallest absolute Gasteiger partial charge is 0.315 e. The molecule has 6 heteroatoms. The lowest BCUT2D eigenvalue weighted by Gasteiger charge is -2.34. The Morgan fingerprint density at radius 2 is 2.10 bits per heavy atom. The van der Waals surface area contributed by atoms with Crippen LogP contribution in [0.2, 0.25) is 0 Å². The maximum atomic E-state index is 12.0. The monoisotopic (exact) mass is 280 g/mol. The summed E-state index contributed by atoms with van der Waals surface area (Å²) in [5.74, 6) is 0. The second kappa shape index (κ2) is 6.37. The molecule has 1 unspecified atom stereocenters. The summed E-state index contributed by atoms with van der Waals surface area (Å²) in [5, 5.41) is 3.41. The normalized spacial score (nSPS) is 19.5. The van der Waals surface area contributed by atoms with Gasteiger partial charge in [0.15, 0.2) is 0 Å². The Balaban J connectivity index is 2.23. The van der Waals surface area contributed by atoms with Gasteiger partial charge in [0.05, 0.1) is 0 Å². The van der Waals surface area contributed by atoms with Gasteiger partial charge in [0.1, 0.15) is 0 Å². The van der Waals surface area contributed by atoms with E-state index in [9.17, 15) is 9.59 Å². The molecule has 0 amide bonds. The van der Waals surface area contributed by atoms with Gasteiger partial charge in [0.25, 0.3) is 5.56 Å². The predicted octanol–water partition coefficient (Wildman–Crippen LogP) is -0.342. The quantitative estimate of drug-likeness (QED) is 0.819. The second-order valence-electron chi connectivity index (χ2n) is 5.44. The van der Waals surface area contributed by atoms with Crippen molar-refractivity contribution in [2.45, 2.75) is 32.4 Å². The molecule has 1 fully saturated rings. The molecule has 2 heterocycles. The zero-order valence-corrected chi connectivity index (χ0v) is 12.6. The van der Waals surface area contributed by atoms with Crippen LogP contribution in [0.4, 0.5) is 0 Å². The first-order chi connectivity index (χ1) is 9.54. The number of hydrogen-bond donors (Lipinski definition) is 1. The van der Waals surface area contributed by atoms with Crippen molar-refractivity contribution in [2.24, 2.45) is 14.1 Å². The van der Waals surface area contributed by atoms with Gasteiger partial charge in [-0.2, -0.15) is 0 Å². The predicted molar refractivity (Wildman–Crippen MR) is 78.9 cm³/mol. The van der Waals surface area contributed by atoms with Crippen LogP contribution in [0.3, 0.4) is 0 Å². The first-order valence-electron chi connectivity index (χ1n) is 7.25. The maximum absolute atomic E-state index is 12.0. The van der Waals surface area contributed by atoms with Gasteiger partial charge >= 0.3 is 5.69 Å². The fourth-order valence-electron chi connectivity index (χ4n) is 2.78. The van der Waals surface area contributed by atoms with Gasteiger partial charge in [-0.3, -0.25) is 18.8 Å². The van der Waals surface area contributed by atoms with Crippen molar-refractivity contribution >= 4 is 0 Å². The van der Waals surface area contributed by atoms with Crippen molar-refractivity contribution in [1.82, 2.24) is 19.4 Å². The largest absolute Gasteiger partial charge is 0.330 e. The van der Waals surface area contributed by atoms with Crippen LogP contribution >= 0.6 is 0 Å². The fraction of sp³-hybridized carbons (Fsp3) is 0.714. The van der Waals surface area contributed by atoms with E-state index in [4.69, 9.17) is 0 Å². The van der Waals surface area contributed by atoms with Crippen LogP contribution in [-0.2, 0) is 20.6 Å². The van der Waals surface area contributed by atoms with Gasteiger partial charge in [-0.05, 0) is 25.9 Å². The Bertz CT molecular complexity index is 570. The lowest BCUT2D eigenvalue weighted by atomic mass is 10.1. The molecule has 1 aliphatic heterocycles. The van der Waals surface area contributed by atoms with Gasteiger partial charge in [0, 0.05) is 45.0 Å². The van der Waals surface area contributed by atoms with Crippen molar-refractivity contribution in [3.8, 4) is 0 Å². The molecule has 0 spiro atoms. The fourth-order valence-corrected chi connectivity index (χ4v) is 2.78. The van der Waals surface area contributed by atoms with E-state index in [0.29, 0.717) is 12.6 Å². The van der Waals surface area contributed by atoms with E-state index in [-0.39, 0.29) is 11.2 Å². The molecule has 20 heavy (non-hydrogen) atoms. The number of piperidine rings is 1. The standard InChI is InChI=1S/C14H24N4O2/c1-4-18(11-6-5-7-15-9-11)10-12-8-13(19)17(3)14(20)16(12)2/h8,11,15H,4-7,9-10H2,1-3H3. The van der Waals surface area contributed by atoms with Gasteiger partial charge in [-0.25, -0.2) is 4.79 Å². The third-order valence-electron chi connectivity index (χ3n) is 4.18. The number of nitrogens with zero attached hydrogens (tertiary/aromatic N) is 3. The Morgan fingerprint density at radius 3 is 2.70 bits per heavy atom. The van der Waals surface area contributed by atoms with Crippen LogP contribution in [0.25, 0.3) is 0 Å². The summed E-state index contributed by atoms with van der Waals surface area (Å²) < 4.78 is 2.71. The first kappa shape index (κ1) is 15.0. The Hall–Kier alpha value is -1.40. The van der Waals surface area contributed by atoms with Gasteiger partial charge < -0.3 is 5.32 Å². The minimum absolute atomic E-state index is 0.235. The van der Waals surface area contributed by atoms with E-state index in [2.05, 4.69) is 17.1 Å². The summed E-state index contributed by atoms with van der Waals surface area (Å²) >= 11 is 0. The minimum atomic E-state index is -0.259. The molecule has 1 N–H and O–H groups in total. The van der Waals surface area contributed by atoms with Crippen molar-refractivity contribution in [2.75, 3.05) is 19.6 Å². The van der Waals surface area contributed by atoms with Crippen LogP contribution in [0.15, 0.2) is 15.7 Å². The number of rotatable bonds is 4. The third kappa shape index (κ3) is 3.02. The Morgan fingerprint density at radius 1 is 1.35 bits per heavy atom. The molecule has 0 aliphatic carbocycles. The molecule has 0 bridgehead atoms. The van der Waals surface area contributed by atoms with Crippen LogP contribution in [0.5, 0.6) is 0 Å². The lowest BCUT2D eigenvalue weighted by molar-refractivity contribution is 0.162. The number of hydrogen-bond acceptors (Lipinski definition) is 4. The van der Waals surface area contributed by atoms with Crippen molar-refractivity contribution in [3.63, 3.8) is 0 Å². The van der Waals surface area contributed by atoms with E-state index in [0.717, 1.165) is 29.9 Å². The van der Waals surface area contributed by atoms with E-state index in [1.807, 2.05) is 0 Å². The molecule has 0 radical (unpaired) electrons. The first-order valence-corrected chi connectivity index (χ1v) is 7.25. The molecule has 112 valence electrons. The molecule has 1 saturated heterocycles. The van der Waals surface area contributed by atoms with Crippen molar-refractivity contribution in [3.05, 3.63) is 32.6 Å². The third-order valence-corrected chi connectivity index (χ3v) is 4.18. The average Bonchev–Trinajstić information content (AvgIpc) is 2.48. The SMILES string of the molecule is CCN(Cc1cc(=O)n(C)c(=O)n1C)C1CCCNC1. The van der Waals surface area contributed by atoms with E-state index < -0.39 is 0 Å². The van der Waals surface area contributed by atoms with Crippen molar-refractivity contribution < 1.29 is 0 Å². The topological polar surface area (TPSA) is 59.3 Å². The highest BCUT2D eigenvalue weighted by Crippen LogP contribution is 2.12. The zero-order chi connectivity index (χ0) is 14.7. The molecule has 1 atom stereocenters. The Kier molecular flexibility index (Phi) is 4.77. The molecule has 2 rings (SSSR count). The summed E-state index contributed by atoms with van der Waals surface area (Å²) in [4.78, 5) is 26.1. The minimum Gasteiger partial charge on any atom is -0.315 e. The van der Waals surface area contributed by atoms with Gasteiger partial charge in [0.2, 0.25) is 0 Å². The summed E-state index contributed by atoms with van der Waals surface area (Å²) in [6.07, 6.45) is 2.34. The number of likely N-dealkylation sites (N-methyl/N-ethyl adjacent to an activating group) is 1. The zero-order valence-electron chi connectivity index (χ0n) is 12.6. The highest BCUT2D eigenvalue weighted by atomic mass is 16.2. The number of nitrogens with one attached hydrogen (secondary N) is 1. The molecule has 6 nitrogen and oxygen atoms in total. The summed E-state index contributed by atoms with van der Waals surface area (Å²) in [6.45, 7) is 5.74.